The standard InChI is InChI=1S/C43H29N3/c44-28-29-14-4-9-24-38(29)46-40-26-11-8-20-37(40)42-34(21-13-27-41(42)46)31-17-5-6-18-32(31)35-22-12-23-36-33-19-7-10-25-39(33)45(43(35)36)30-15-2-1-3-16-30/h1-5,7-17,19-27H,6,18H2. The van der Waals surface area contributed by atoms with Crippen molar-refractivity contribution in [3.8, 4) is 17.4 Å². The second-order valence-electron chi connectivity index (χ2n) is 11.9. The molecule has 0 aliphatic heterocycles. The highest BCUT2D eigenvalue weighted by atomic mass is 15.0. The summed E-state index contributed by atoms with van der Waals surface area (Å²) in [4.78, 5) is 0. The Morgan fingerprint density at radius 1 is 0.543 bits per heavy atom. The van der Waals surface area contributed by atoms with Crippen molar-refractivity contribution in [1.82, 2.24) is 9.13 Å². The smallest absolute Gasteiger partial charge is 0.101 e. The molecule has 0 N–H and O–H groups in total. The first-order chi connectivity index (χ1) is 22.8. The molecule has 3 heteroatoms. The van der Waals surface area contributed by atoms with Crippen molar-refractivity contribution in [2.75, 3.05) is 0 Å². The third kappa shape index (κ3) is 3.84. The zero-order chi connectivity index (χ0) is 30.6. The minimum absolute atomic E-state index is 0.661. The van der Waals surface area contributed by atoms with E-state index in [1.165, 1.54) is 54.9 Å². The van der Waals surface area contributed by atoms with E-state index < -0.39 is 0 Å². The summed E-state index contributed by atoms with van der Waals surface area (Å²) in [6, 6.07) is 51.8. The van der Waals surface area contributed by atoms with E-state index in [1.807, 2.05) is 24.3 Å². The highest BCUT2D eigenvalue weighted by molar-refractivity contribution is 6.19. The summed E-state index contributed by atoms with van der Waals surface area (Å²) >= 11 is 0. The summed E-state index contributed by atoms with van der Waals surface area (Å²) in [5.41, 5.74) is 12.5. The van der Waals surface area contributed by atoms with Gasteiger partial charge in [0.15, 0.2) is 0 Å². The SMILES string of the molecule is N#Cc1ccccc1-n1c2ccccc2c2c(C3=C(c4cccc5c6ccccc6n(-c6ccccc6)c45)CCC=C3)cccc21. The van der Waals surface area contributed by atoms with Crippen molar-refractivity contribution in [2.45, 2.75) is 12.8 Å². The second kappa shape index (κ2) is 10.5. The molecule has 0 saturated heterocycles. The van der Waals surface area contributed by atoms with Crippen molar-refractivity contribution in [1.29, 1.82) is 5.26 Å². The number of hydrogen-bond donors (Lipinski definition) is 0. The molecule has 0 amide bonds. The Labute approximate surface area is 267 Å². The Bertz CT molecular complexity index is 2590. The Kier molecular flexibility index (Phi) is 6.01. The summed E-state index contributed by atoms with van der Waals surface area (Å²) in [7, 11) is 0. The van der Waals surface area contributed by atoms with Crippen molar-refractivity contribution < 1.29 is 0 Å². The van der Waals surface area contributed by atoms with Gasteiger partial charge in [-0.1, -0.05) is 109 Å². The lowest BCUT2D eigenvalue weighted by molar-refractivity contribution is 1.06. The zero-order valence-corrected chi connectivity index (χ0v) is 25.2. The van der Waals surface area contributed by atoms with Gasteiger partial charge in [-0.15, -0.1) is 0 Å². The summed E-state index contributed by atoms with van der Waals surface area (Å²) in [5, 5.41) is 15.0. The van der Waals surface area contributed by atoms with E-state index in [0.29, 0.717) is 5.56 Å². The van der Waals surface area contributed by atoms with Crippen molar-refractivity contribution in [3.05, 3.63) is 168 Å². The number of para-hydroxylation sites is 5. The molecule has 6 aromatic carbocycles. The first-order valence-corrected chi connectivity index (χ1v) is 15.8. The van der Waals surface area contributed by atoms with Crippen LogP contribution in [0.1, 0.15) is 29.5 Å². The maximum atomic E-state index is 10.0. The minimum Gasteiger partial charge on any atom is -0.309 e. The first-order valence-electron chi connectivity index (χ1n) is 15.8. The number of nitrogens with zero attached hydrogens (tertiary/aromatic N) is 3. The largest absolute Gasteiger partial charge is 0.309 e. The van der Waals surface area contributed by atoms with Crippen molar-refractivity contribution >= 4 is 54.8 Å². The van der Waals surface area contributed by atoms with E-state index in [0.717, 1.165) is 35.2 Å². The van der Waals surface area contributed by atoms with Crippen LogP contribution in [-0.4, -0.2) is 9.13 Å². The molecule has 0 bridgehead atoms. The molecular formula is C43H29N3. The van der Waals surface area contributed by atoms with Crippen LogP contribution in [0.4, 0.5) is 0 Å². The van der Waals surface area contributed by atoms with E-state index in [-0.39, 0.29) is 0 Å². The van der Waals surface area contributed by atoms with Crippen LogP contribution in [0.15, 0.2) is 152 Å². The Morgan fingerprint density at radius 2 is 1.20 bits per heavy atom. The van der Waals surface area contributed by atoms with Crippen molar-refractivity contribution in [3.63, 3.8) is 0 Å². The molecule has 8 aromatic rings. The highest BCUT2D eigenvalue weighted by Crippen LogP contribution is 2.44. The summed E-state index contributed by atoms with van der Waals surface area (Å²) in [6.07, 6.45) is 6.59. The van der Waals surface area contributed by atoms with Gasteiger partial charge in [0.25, 0.3) is 0 Å². The molecule has 46 heavy (non-hydrogen) atoms. The van der Waals surface area contributed by atoms with Gasteiger partial charge in [-0.05, 0) is 72.0 Å². The van der Waals surface area contributed by atoms with E-state index in [9.17, 15) is 5.26 Å². The van der Waals surface area contributed by atoms with Gasteiger partial charge in [0.2, 0.25) is 0 Å². The Morgan fingerprint density at radius 3 is 2.04 bits per heavy atom. The molecule has 0 fully saturated rings. The molecule has 2 heterocycles. The maximum Gasteiger partial charge on any atom is 0.101 e. The normalized spacial score (nSPS) is 13.3. The van der Waals surface area contributed by atoms with Crippen LogP contribution in [-0.2, 0) is 0 Å². The predicted octanol–water partition coefficient (Wildman–Crippen LogP) is 11.0. The monoisotopic (exact) mass is 587 g/mol. The molecule has 0 atom stereocenters. The first kappa shape index (κ1) is 26.3. The zero-order valence-electron chi connectivity index (χ0n) is 25.2. The average molecular weight is 588 g/mol. The fourth-order valence-corrected chi connectivity index (χ4v) is 7.57. The number of rotatable bonds is 4. The lowest BCUT2D eigenvalue weighted by Gasteiger charge is -2.20. The number of fused-ring (bicyclic) bond motifs is 6. The van der Waals surface area contributed by atoms with Gasteiger partial charge in [-0.2, -0.15) is 5.26 Å². The number of hydrogen-bond acceptors (Lipinski definition) is 1. The van der Waals surface area contributed by atoms with Gasteiger partial charge in [0, 0.05) is 32.8 Å². The molecule has 0 radical (unpaired) electrons. The molecular weight excluding hydrogens is 558 g/mol. The topological polar surface area (TPSA) is 33.6 Å². The van der Waals surface area contributed by atoms with Gasteiger partial charge in [-0.25, -0.2) is 0 Å². The van der Waals surface area contributed by atoms with Crippen LogP contribution in [0.25, 0.3) is 66.1 Å². The quantitative estimate of drug-likeness (QED) is 0.202. The lowest BCUT2D eigenvalue weighted by atomic mass is 9.85. The molecule has 3 nitrogen and oxygen atoms in total. The summed E-state index contributed by atoms with van der Waals surface area (Å²) in [5.74, 6) is 0. The fourth-order valence-electron chi connectivity index (χ4n) is 7.57. The van der Waals surface area contributed by atoms with Crippen LogP contribution in [0.2, 0.25) is 0 Å². The number of nitriles is 1. The molecule has 1 aliphatic rings. The Hall–Kier alpha value is -6.11. The van der Waals surface area contributed by atoms with Crippen LogP contribution in [0.5, 0.6) is 0 Å². The summed E-state index contributed by atoms with van der Waals surface area (Å²) < 4.78 is 4.70. The highest BCUT2D eigenvalue weighted by Gasteiger charge is 2.23. The van der Waals surface area contributed by atoms with E-state index >= 15 is 0 Å². The average Bonchev–Trinajstić information content (AvgIpc) is 3.65. The third-order valence-corrected chi connectivity index (χ3v) is 9.46. The number of aromatic nitrogens is 2. The van der Waals surface area contributed by atoms with Crippen LogP contribution < -0.4 is 0 Å². The minimum atomic E-state index is 0.661. The van der Waals surface area contributed by atoms with Crippen LogP contribution in [0.3, 0.4) is 0 Å². The van der Waals surface area contributed by atoms with Crippen molar-refractivity contribution in [2.24, 2.45) is 0 Å². The molecule has 0 unspecified atom stereocenters. The van der Waals surface area contributed by atoms with Gasteiger partial charge in [-0.3, -0.25) is 0 Å². The van der Waals surface area contributed by atoms with Gasteiger partial charge < -0.3 is 9.13 Å². The molecule has 0 saturated carbocycles. The van der Waals surface area contributed by atoms with Crippen LogP contribution in [0, 0.1) is 11.3 Å². The van der Waals surface area contributed by atoms with E-state index in [4.69, 9.17) is 0 Å². The lowest BCUT2D eigenvalue weighted by Crippen LogP contribution is -2.01. The molecule has 1 aliphatic carbocycles. The number of benzene rings is 6. The van der Waals surface area contributed by atoms with E-state index in [1.54, 1.807) is 0 Å². The molecule has 9 rings (SSSR count). The second-order valence-corrected chi connectivity index (χ2v) is 11.9. The number of allylic oxidation sites excluding steroid dienone is 4. The van der Waals surface area contributed by atoms with Gasteiger partial charge >= 0.3 is 0 Å². The molecule has 216 valence electrons. The van der Waals surface area contributed by atoms with Gasteiger partial charge in [0.1, 0.15) is 6.07 Å². The Balaban J connectivity index is 1.39. The van der Waals surface area contributed by atoms with E-state index in [2.05, 4.69) is 143 Å². The molecule has 2 aromatic heterocycles. The molecule has 0 spiro atoms. The predicted molar refractivity (Wildman–Crippen MR) is 191 cm³/mol. The maximum absolute atomic E-state index is 10.0. The fraction of sp³-hybridized carbons (Fsp3) is 0.0465. The van der Waals surface area contributed by atoms with Gasteiger partial charge in [0.05, 0.1) is 33.3 Å². The third-order valence-electron chi connectivity index (χ3n) is 9.46. The summed E-state index contributed by atoms with van der Waals surface area (Å²) in [6.45, 7) is 0. The van der Waals surface area contributed by atoms with Crippen LogP contribution >= 0.6 is 0 Å².